The van der Waals surface area contributed by atoms with E-state index >= 15 is 0 Å². The molecule has 0 saturated carbocycles. The fraction of sp³-hybridized carbons (Fsp3) is 0.364. The number of rotatable bonds is 9. The zero-order valence-corrected chi connectivity index (χ0v) is 15.4. The maximum atomic E-state index is 12.5. The zero-order valence-electron chi connectivity index (χ0n) is 15.4. The van der Waals surface area contributed by atoms with E-state index < -0.39 is 18.0 Å². The average molecular weight is 354 g/mol. The van der Waals surface area contributed by atoms with E-state index in [1.165, 1.54) is 0 Å². The van der Waals surface area contributed by atoms with Crippen molar-refractivity contribution in [2.24, 2.45) is 0 Å². The lowest BCUT2D eigenvalue weighted by Crippen LogP contribution is -2.22. The first-order chi connectivity index (χ1) is 12.7. The van der Waals surface area contributed by atoms with Crippen LogP contribution in [-0.4, -0.2) is 18.5 Å². The summed E-state index contributed by atoms with van der Waals surface area (Å²) in [5.74, 6) is -1.07. The predicted octanol–water partition coefficient (Wildman–Crippen LogP) is 4.88. The van der Waals surface area contributed by atoms with Crippen LogP contribution in [0.4, 0.5) is 0 Å². The Balaban J connectivity index is 2.10. The predicted molar refractivity (Wildman–Crippen MR) is 101 cm³/mol. The summed E-state index contributed by atoms with van der Waals surface area (Å²) < 4.78 is 10.8. The second kappa shape index (κ2) is 10.4. The average Bonchev–Trinajstić information content (AvgIpc) is 2.69. The number of hydrogen-bond acceptors (Lipinski definition) is 4. The molecule has 0 radical (unpaired) electrons. The highest BCUT2D eigenvalue weighted by Crippen LogP contribution is 2.21. The number of carbonyl (C=O) groups excluding carboxylic acids is 2. The molecule has 0 aromatic heterocycles. The third-order valence-corrected chi connectivity index (χ3v) is 4.13. The number of hydrogen-bond donors (Lipinski definition) is 0. The van der Waals surface area contributed by atoms with Gasteiger partial charge in [0.2, 0.25) is 6.10 Å². The van der Waals surface area contributed by atoms with Gasteiger partial charge in [-0.25, -0.2) is 9.59 Å². The normalized spacial score (nSPS) is 11.6. The van der Waals surface area contributed by atoms with Crippen LogP contribution in [0.25, 0.3) is 0 Å². The smallest absolute Gasteiger partial charge is 0.352 e. The summed E-state index contributed by atoms with van der Waals surface area (Å²) in [6.07, 6.45) is 2.67. The summed E-state index contributed by atoms with van der Waals surface area (Å²) in [7, 11) is 0. The second-order valence-electron chi connectivity index (χ2n) is 6.12. The largest absolute Gasteiger partial charge is 0.463 e. The maximum absolute atomic E-state index is 12.5. The van der Waals surface area contributed by atoms with E-state index in [9.17, 15) is 9.59 Å². The first kappa shape index (κ1) is 19.7. The molecule has 1 unspecified atom stereocenters. The van der Waals surface area contributed by atoms with Gasteiger partial charge in [0.1, 0.15) is 0 Å². The Morgan fingerprint density at radius 1 is 0.923 bits per heavy atom. The van der Waals surface area contributed by atoms with Crippen molar-refractivity contribution in [3.05, 3.63) is 71.3 Å². The third-order valence-electron chi connectivity index (χ3n) is 4.13. The number of carbonyl (C=O) groups is 2. The van der Waals surface area contributed by atoms with Crippen LogP contribution in [0.15, 0.2) is 54.6 Å². The topological polar surface area (TPSA) is 52.6 Å². The molecule has 0 amide bonds. The Labute approximate surface area is 155 Å². The van der Waals surface area contributed by atoms with Gasteiger partial charge in [-0.1, -0.05) is 69.2 Å². The highest BCUT2D eigenvalue weighted by Gasteiger charge is 2.27. The molecule has 138 valence electrons. The van der Waals surface area contributed by atoms with Crippen LogP contribution in [0.5, 0.6) is 0 Å². The molecule has 1 atom stereocenters. The minimum atomic E-state index is -1.06. The molecule has 0 N–H and O–H groups in total. The molecule has 4 heteroatoms. The van der Waals surface area contributed by atoms with Crippen LogP contribution < -0.4 is 0 Å². The van der Waals surface area contributed by atoms with Gasteiger partial charge in [0, 0.05) is 5.56 Å². The van der Waals surface area contributed by atoms with Crippen molar-refractivity contribution in [1.82, 2.24) is 0 Å². The third kappa shape index (κ3) is 5.73. The van der Waals surface area contributed by atoms with Gasteiger partial charge >= 0.3 is 11.9 Å². The van der Waals surface area contributed by atoms with Crippen molar-refractivity contribution in [2.75, 3.05) is 6.61 Å². The summed E-state index contributed by atoms with van der Waals surface area (Å²) in [6.45, 7) is 4.46. The molecule has 0 saturated heterocycles. The van der Waals surface area contributed by atoms with Gasteiger partial charge in [-0.3, -0.25) is 0 Å². The molecule has 0 heterocycles. The Hall–Kier alpha value is -2.62. The summed E-state index contributed by atoms with van der Waals surface area (Å²) in [5, 5.41) is 0. The molecule has 0 aliphatic heterocycles. The highest BCUT2D eigenvalue weighted by molar-refractivity contribution is 5.91. The van der Waals surface area contributed by atoms with Crippen molar-refractivity contribution < 1.29 is 19.1 Å². The first-order valence-corrected chi connectivity index (χ1v) is 9.17. The molecule has 0 spiro atoms. The zero-order chi connectivity index (χ0) is 18.8. The number of benzene rings is 2. The van der Waals surface area contributed by atoms with Gasteiger partial charge < -0.3 is 9.47 Å². The van der Waals surface area contributed by atoms with E-state index in [0.717, 1.165) is 31.2 Å². The number of esters is 2. The summed E-state index contributed by atoms with van der Waals surface area (Å²) in [5.41, 5.74) is 2.16. The van der Waals surface area contributed by atoms with Gasteiger partial charge in [0.15, 0.2) is 0 Å². The Morgan fingerprint density at radius 3 is 2.23 bits per heavy atom. The van der Waals surface area contributed by atoms with Crippen molar-refractivity contribution >= 4 is 11.9 Å². The van der Waals surface area contributed by atoms with Gasteiger partial charge in [-0.2, -0.15) is 0 Å². The van der Waals surface area contributed by atoms with E-state index in [0.29, 0.717) is 17.7 Å². The first-order valence-electron chi connectivity index (χ1n) is 9.17. The van der Waals surface area contributed by atoms with E-state index in [1.807, 2.05) is 25.1 Å². The van der Waals surface area contributed by atoms with Crippen LogP contribution >= 0.6 is 0 Å². The molecule has 0 bridgehead atoms. The second-order valence-corrected chi connectivity index (χ2v) is 6.12. The maximum Gasteiger partial charge on any atom is 0.352 e. The van der Waals surface area contributed by atoms with E-state index in [1.54, 1.807) is 36.4 Å². The molecule has 0 fully saturated rings. The van der Waals surface area contributed by atoms with Gasteiger partial charge in [0.05, 0.1) is 12.2 Å². The van der Waals surface area contributed by atoms with Crippen molar-refractivity contribution in [2.45, 2.75) is 45.6 Å². The van der Waals surface area contributed by atoms with Crippen LogP contribution in [0, 0.1) is 0 Å². The molecule has 2 aromatic rings. The van der Waals surface area contributed by atoms with E-state index in [2.05, 4.69) is 6.92 Å². The Morgan fingerprint density at radius 2 is 1.62 bits per heavy atom. The minimum Gasteiger partial charge on any atom is -0.463 e. The highest BCUT2D eigenvalue weighted by atomic mass is 16.6. The van der Waals surface area contributed by atoms with Gasteiger partial charge in [0.25, 0.3) is 0 Å². The number of ether oxygens (including phenoxy) is 2. The van der Waals surface area contributed by atoms with Crippen LogP contribution in [-0.2, 0) is 20.7 Å². The molecule has 26 heavy (non-hydrogen) atoms. The van der Waals surface area contributed by atoms with Crippen LogP contribution in [0.1, 0.15) is 60.7 Å². The number of unbranched alkanes of at least 4 members (excludes halogenated alkanes) is 2. The molecule has 0 aliphatic rings. The lowest BCUT2D eigenvalue weighted by molar-refractivity contribution is -0.154. The Bertz CT molecular complexity index is 692. The molecular weight excluding hydrogens is 328 g/mol. The monoisotopic (exact) mass is 354 g/mol. The Kier molecular flexibility index (Phi) is 7.87. The SMILES string of the molecule is CCCCCOC(=O)C(OC(=O)c1ccc(CC)cc1)c1ccccc1. The molecule has 2 rings (SSSR count). The van der Waals surface area contributed by atoms with E-state index in [-0.39, 0.29) is 0 Å². The number of aryl methyl sites for hydroxylation is 1. The minimum absolute atomic E-state index is 0.332. The fourth-order valence-electron chi connectivity index (χ4n) is 2.53. The summed E-state index contributed by atoms with van der Waals surface area (Å²) in [6, 6.07) is 16.2. The molecule has 4 nitrogen and oxygen atoms in total. The molecule has 2 aromatic carbocycles. The van der Waals surface area contributed by atoms with Crippen molar-refractivity contribution in [1.29, 1.82) is 0 Å². The summed E-state index contributed by atoms with van der Waals surface area (Å²) >= 11 is 0. The van der Waals surface area contributed by atoms with Crippen LogP contribution in [0.3, 0.4) is 0 Å². The van der Waals surface area contributed by atoms with E-state index in [4.69, 9.17) is 9.47 Å². The standard InChI is InChI=1S/C22H26O4/c1-3-5-9-16-25-22(24)20(18-10-7-6-8-11-18)26-21(23)19-14-12-17(4-2)13-15-19/h6-8,10-15,20H,3-5,9,16H2,1-2H3. The summed E-state index contributed by atoms with van der Waals surface area (Å²) in [4.78, 5) is 25.0. The van der Waals surface area contributed by atoms with Gasteiger partial charge in [-0.05, 0) is 30.5 Å². The lowest BCUT2D eigenvalue weighted by Gasteiger charge is -2.17. The van der Waals surface area contributed by atoms with Crippen LogP contribution in [0.2, 0.25) is 0 Å². The fourth-order valence-corrected chi connectivity index (χ4v) is 2.53. The van der Waals surface area contributed by atoms with Gasteiger partial charge in [-0.15, -0.1) is 0 Å². The van der Waals surface area contributed by atoms with Crippen molar-refractivity contribution in [3.63, 3.8) is 0 Å². The quantitative estimate of drug-likeness (QED) is 0.476. The molecule has 0 aliphatic carbocycles. The molecular formula is C22H26O4. The lowest BCUT2D eigenvalue weighted by atomic mass is 10.1. The van der Waals surface area contributed by atoms with Crippen molar-refractivity contribution in [3.8, 4) is 0 Å².